The fourth-order valence-corrected chi connectivity index (χ4v) is 2.62. The molecule has 0 atom stereocenters. The van der Waals surface area contributed by atoms with Crippen LogP contribution in [-0.2, 0) is 0 Å². The van der Waals surface area contributed by atoms with Gasteiger partial charge < -0.3 is 5.11 Å². The van der Waals surface area contributed by atoms with E-state index < -0.39 is 0 Å². The lowest BCUT2D eigenvalue weighted by molar-refractivity contribution is -0.0836. The zero-order valence-corrected chi connectivity index (χ0v) is 8.05. The second kappa shape index (κ2) is 3.02. The third-order valence-electron chi connectivity index (χ3n) is 4.01. The van der Waals surface area contributed by atoms with E-state index >= 15 is 0 Å². The lowest BCUT2D eigenvalue weighted by atomic mass is 9.65. The molecule has 0 radical (unpaired) electrons. The van der Waals surface area contributed by atoms with Crippen LogP contribution in [0.4, 0.5) is 0 Å². The molecule has 0 bridgehead atoms. The molecule has 1 nitrogen and oxygen atoms in total. The van der Waals surface area contributed by atoms with Gasteiger partial charge in [0.05, 0.1) is 5.60 Å². The van der Waals surface area contributed by atoms with Gasteiger partial charge in [-0.2, -0.15) is 0 Å². The predicted molar refractivity (Wildman–Crippen MR) is 49.9 cm³/mol. The minimum atomic E-state index is -0.245. The molecule has 0 heterocycles. The summed E-state index contributed by atoms with van der Waals surface area (Å²) in [6.07, 6.45) is 8.54. The van der Waals surface area contributed by atoms with Crippen LogP contribution >= 0.6 is 0 Å². The second-order valence-corrected chi connectivity index (χ2v) is 4.91. The molecule has 2 aliphatic carbocycles. The first-order chi connectivity index (χ1) is 5.71. The lowest BCUT2D eigenvalue weighted by Crippen LogP contribution is -2.44. The van der Waals surface area contributed by atoms with Crippen molar-refractivity contribution in [1.82, 2.24) is 0 Å². The minimum Gasteiger partial charge on any atom is -0.390 e. The normalized spacial score (nSPS) is 44.0. The smallest absolute Gasteiger partial charge is 0.0676 e. The first-order valence-corrected chi connectivity index (χ1v) is 5.43. The Kier molecular flexibility index (Phi) is 2.16. The van der Waals surface area contributed by atoms with E-state index in [4.69, 9.17) is 0 Å². The van der Waals surface area contributed by atoms with Crippen LogP contribution in [0.2, 0.25) is 0 Å². The maximum atomic E-state index is 10.3. The van der Waals surface area contributed by atoms with Crippen LogP contribution in [-0.4, -0.2) is 10.7 Å². The van der Waals surface area contributed by atoms with Gasteiger partial charge in [-0.25, -0.2) is 0 Å². The quantitative estimate of drug-likeness (QED) is 0.638. The van der Waals surface area contributed by atoms with Crippen molar-refractivity contribution in [3.8, 4) is 0 Å². The Hall–Kier alpha value is -0.0400. The Labute approximate surface area is 75.2 Å². The summed E-state index contributed by atoms with van der Waals surface area (Å²) in [7, 11) is 0. The molecule has 2 aliphatic rings. The van der Waals surface area contributed by atoms with Gasteiger partial charge in [0, 0.05) is 0 Å². The van der Waals surface area contributed by atoms with Gasteiger partial charge in [0.15, 0.2) is 0 Å². The SMILES string of the molecule is CC1CCC(O)(C2CCC2)CC1. The van der Waals surface area contributed by atoms with E-state index in [-0.39, 0.29) is 5.60 Å². The first-order valence-electron chi connectivity index (χ1n) is 5.43. The van der Waals surface area contributed by atoms with Crippen LogP contribution in [0.25, 0.3) is 0 Å². The Bertz CT molecular complexity index is 152. The van der Waals surface area contributed by atoms with E-state index in [2.05, 4.69) is 6.92 Å². The van der Waals surface area contributed by atoms with Crippen molar-refractivity contribution >= 4 is 0 Å². The molecule has 1 N–H and O–H groups in total. The summed E-state index contributed by atoms with van der Waals surface area (Å²) in [4.78, 5) is 0. The zero-order valence-electron chi connectivity index (χ0n) is 8.05. The molecule has 0 unspecified atom stereocenters. The van der Waals surface area contributed by atoms with Crippen molar-refractivity contribution in [2.24, 2.45) is 11.8 Å². The first kappa shape index (κ1) is 8.55. The number of aliphatic hydroxyl groups is 1. The van der Waals surface area contributed by atoms with E-state index in [1.165, 1.54) is 32.1 Å². The van der Waals surface area contributed by atoms with Crippen molar-refractivity contribution in [2.45, 2.75) is 57.5 Å². The van der Waals surface area contributed by atoms with Crippen LogP contribution in [0.1, 0.15) is 51.9 Å². The van der Waals surface area contributed by atoms with Crippen molar-refractivity contribution in [3.05, 3.63) is 0 Å². The topological polar surface area (TPSA) is 20.2 Å². The summed E-state index contributed by atoms with van der Waals surface area (Å²) in [5.74, 6) is 1.51. The van der Waals surface area contributed by atoms with Crippen LogP contribution in [0.3, 0.4) is 0 Å². The Balaban J connectivity index is 1.92. The summed E-state index contributed by atoms with van der Waals surface area (Å²) >= 11 is 0. The highest BCUT2D eigenvalue weighted by atomic mass is 16.3. The maximum Gasteiger partial charge on any atom is 0.0676 e. The third kappa shape index (κ3) is 1.39. The molecular formula is C11H20O. The van der Waals surface area contributed by atoms with Crippen LogP contribution in [0, 0.1) is 11.8 Å². The molecule has 1 heteroatoms. The highest BCUT2D eigenvalue weighted by Gasteiger charge is 2.41. The molecule has 0 aliphatic heterocycles. The van der Waals surface area contributed by atoms with E-state index in [0.717, 1.165) is 18.8 Å². The summed E-state index contributed by atoms with van der Waals surface area (Å²) in [6, 6.07) is 0. The van der Waals surface area contributed by atoms with Gasteiger partial charge in [0.2, 0.25) is 0 Å². The molecule has 0 aromatic rings. The monoisotopic (exact) mass is 168 g/mol. The second-order valence-electron chi connectivity index (χ2n) is 4.91. The van der Waals surface area contributed by atoms with Crippen LogP contribution in [0.15, 0.2) is 0 Å². The van der Waals surface area contributed by atoms with Crippen LogP contribution < -0.4 is 0 Å². The highest BCUT2D eigenvalue weighted by Crippen LogP contribution is 2.45. The summed E-state index contributed by atoms with van der Waals surface area (Å²) < 4.78 is 0. The molecule has 0 amide bonds. The van der Waals surface area contributed by atoms with Gasteiger partial charge in [-0.1, -0.05) is 13.3 Å². The predicted octanol–water partition coefficient (Wildman–Crippen LogP) is 2.73. The summed E-state index contributed by atoms with van der Waals surface area (Å²) in [5.41, 5.74) is -0.245. The fourth-order valence-electron chi connectivity index (χ4n) is 2.62. The van der Waals surface area contributed by atoms with Crippen molar-refractivity contribution in [2.75, 3.05) is 0 Å². The van der Waals surface area contributed by atoms with E-state index in [9.17, 15) is 5.11 Å². The average Bonchev–Trinajstić information content (AvgIpc) is 1.92. The zero-order chi connectivity index (χ0) is 8.60. The molecule has 2 saturated carbocycles. The van der Waals surface area contributed by atoms with Gasteiger partial charge in [0.1, 0.15) is 0 Å². The number of hydrogen-bond donors (Lipinski definition) is 1. The summed E-state index contributed by atoms with van der Waals surface area (Å²) in [6.45, 7) is 2.31. The molecule has 0 aromatic carbocycles. The molecule has 12 heavy (non-hydrogen) atoms. The third-order valence-corrected chi connectivity index (χ3v) is 4.01. The molecule has 0 aromatic heterocycles. The van der Waals surface area contributed by atoms with E-state index in [1.54, 1.807) is 0 Å². The van der Waals surface area contributed by atoms with Crippen molar-refractivity contribution < 1.29 is 5.11 Å². The molecule has 70 valence electrons. The highest BCUT2D eigenvalue weighted by molar-refractivity contribution is 4.93. The van der Waals surface area contributed by atoms with Gasteiger partial charge in [-0.05, 0) is 50.4 Å². The minimum absolute atomic E-state index is 0.245. The van der Waals surface area contributed by atoms with Crippen molar-refractivity contribution in [1.29, 1.82) is 0 Å². The fraction of sp³-hybridized carbons (Fsp3) is 1.00. The number of hydrogen-bond acceptors (Lipinski definition) is 1. The number of rotatable bonds is 1. The van der Waals surface area contributed by atoms with Gasteiger partial charge >= 0.3 is 0 Å². The molecule has 2 rings (SSSR count). The Morgan fingerprint density at radius 2 is 1.67 bits per heavy atom. The Morgan fingerprint density at radius 1 is 1.08 bits per heavy atom. The van der Waals surface area contributed by atoms with Crippen molar-refractivity contribution in [3.63, 3.8) is 0 Å². The Morgan fingerprint density at radius 3 is 2.08 bits per heavy atom. The summed E-state index contributed by atoms with van der Waals surface area (Å²) in [5, 5.41) is 10.3. The van der Waals surface area contributed by atoms with Gasteiger partial charge in [-0.15, -0.1) is 0 Å². The average molecular weight is 168 g/mol. The molecular weight excluding hydrogens is 148 g/mol. The largest absolute Gasteiger partial charge is 0.390 e. The van der Waals surface area contributed by atoms with E-state index in [0.29, 0.717) is 5.92 Å². The maximum absolute atomic E-state index is 10.3. The van der Waals surface area contributed by atoms with Crippen LogP contribution in [0.5, 0.6) is 0 Å². The molecule has 0 spiro atoms. The van der Waals surface area contributed by atoms with E-state index in [1.807, 2.05) is 0 Å². The molecule has 2 fully saturated rings. The lowest BCUT2D eigenvalue weighted by Gasteiger charge is -2.45. The van der Waals surface area contributed by atoms with Gasteiger partial charge in [-0.3, -0.25) is 0 Å². The molecule has 0 saturated heterocycles. The standard InChI is InChI=1S/C11H20O/c1-9-5-7-11(12,8-6-9)10-3-2-4-10/h9-10,12H,2-8H2,1H3. The van der Waals surface area contributed by atoms with Gasteiger partial charge in [0.25, 0.3) is 0 Å².